The summed E-state index contributed by atoms with van der Waals surface area (Å²) in [6, 6.07) is 4.86. The van der Waals surface area contributed by atoms with Gasteiger partial charge in [-0.05, 0) is 49.3 Å². The van der Waals surface area contributed by atoms with Crippen LogP contribution in [0, 0.1) is 23.7 Å². The van der Waals surface area contributed by atoms with Gasteiger partial charge in [0, 0.05) is 10.0 Å². The van der Waals surface area contributed by atoms with Crippen molar-refractivity contribution in [3.05, 3.63) is 28.2 Å². The fourth-order valence-corrected chi connectivity index (χ4v) is 4.85. The van der Waals surface area contributed by atoms with Gasteiger partial charge in [0.25, 0.3) is 0 Å². The van der Waals surface area contributed by atoms with E-state index in [1.54, 1.807) is 18.2 Å². The van der Waals surface area contributed by atoms with Crippen LogP contribution in [0.3, 0.4) is 0 Å². The van der Waals surface area contributed by atoms with E-state index in [0.29, 0.717) is 27.6 Å². The molecule has 2 saturated carbocycles. The van der Waals surface area contributed by atoms with Crippen molar-refractivity contribution in [2.24, 2.45) is 23.7 Å². The largest absolute Gasteiger partial charge is 0.274 e. The fourth-order valence-electron chi connectivity index (χ4n) is 4.33. The van der Waals surface area contributed by atoms with Gasteiger partial charge in [0.1, 0.15) is 0 Å². The summed E-state index contributed by atoms with van der Waals surface area (Å²) in [5, 5.41) is 0.876. The van der Waals surface area contributed by atoms with Gasteiger partial charge in [0.2, 0.25) is 11.8 Å². The number of nitrogens with zero attached hydrogens (tertiary/aromatic N) is 1. The molecule has 2 bridgehead atoms. The van der Waals surface area contributed by atoms with Gasteiger partial charge in [-0.15, -0.1) is 0 Å². The molecule has 3 nitrogen and oxygen atoms in total. The Morgan fingerprint density at radius 3 is 1.90 bits per heavy atom. The minimum Gasteiger partial charge on any atom is -0.274 e. The van der Waals surface area contributed by atoms with Crippen molar-refractivity contribution in [3.63, 3.8) is 0 Å². The van der Waals surface area contributed by atoms with Gasteiger partial charge in [-0.25, -0.2) is 4.90 Å². The predicted octanol–water partition coefficient (Wildman–Crippen LogP) is 3.53. The summed E-state index contributed by atoms with van der Waals surface area (Å²) in [6.07, 6.45) is 3.20. The van der Waals surface area contributed by atoms with Crippen molar-refractivity contribution in [2.75, 3.05) is 4.90 Å². The molecule has 0 N–H and O–H groups in total. The first-order valence-corrected chi connectivity index (χ1v) is 7.66. The molecular formula is C15H13Cl2NO2. The molecule has 2 amide bonds. The summed E-state index contributed by atoms with van der Waals surface area (Å²) < 4.78 is 0. The zero-order valence-electron chi connectivity index (χ0n) is 10.7. The smallest absolute Gasteiger partial charge is 0.237 e. The van der Waals surface area contributed by atoms with Crippen LogP contribution in [0.15, 0.2) is 18.2 Å². The number of carbonyl (C=O) groups excluding carboxylic acids is 2. The van der Waals surface area contributed by atoms with E-state index in [4.69, 9.17) is 23.2 Å². The van der Waals surface area contributed by atoms with E-state index in [0.717, 1.165) is 19.3 Å². The number of rotatable bonds is 1. The van der Waals surface area contributed by atoms with Crippen LogP contribution in [0.5, 0.6) is 0 Å². The van der Waals surface area contributed by atoms with Gasteiger partial charge in [0.05, 0.1) is 17.5 Å². The minimum absolute atomic E-state index is 0.0643. The number of hydrogen-bond donors (Lipinski definition) is 0. The second-order valence-electron chi connectivity index (χ2n) is 6.02. The highest BCUT2D eigenvalue weighted by Gasteiger charge is 2.61. The van der Waals surface area contributed by atoms with Crippen molar-refractivity contribution in [3.8, 4) is 0 Å². The molecule has 2 aliphatic carbocycles. The van der Waals surface area contributed by atoms with Crippen molar-refractivity contribution in [1.29, 1.82) is 0 Å². The van der Waals surface area contributed by atoms with Crippen molar-refractivity contribution in [2.45, 2.75) is 19.3 Å². The molecular weight excluding hydrogens is 297 g/mol. The zero-order valence-corrected chi connectivity index (χ0v) is 12.2. The Morgan fingerprint density at radius 2 is 1.40 bits per heavy atom. The van der Waals surface area contributed by atoms with Gasteiger partial charge < -0.3 is 0 Å². The maximum Gasteiger partial charge on any atom is 0.237 e. The molecule has 4 rings (SSSR count). The average Bonchev–Trinajstić information content (AvgIpc) is 3.02. The van der Waals surface area contributed by atoms with Crippen LogP contribution >= 0.6 is 23.2 Å². The highest BCUT2D eigenvalue weighted by molar-refractivity contribution is 6.35. The molecule has 1 heterocycles. The Hall–Kier alpha value is -1.06. The number of halogens is 2. The van der Waals surface area contributed by atoms with Crippen LogP contribution < -0.4 is 4.90 Å². The molecule has 3 aliphatic rings. The van der Waals surface area contributed by atoms with E-state index in [1.807, 2.05) is 0 Å². The Morgan fingerprint density at radius 1 is 0.900 bits per heavy atom. The molecule has 0 radical (unpaired) electrons. The van der Waals surface area contributed by atoms with E-state index in [1.165, 1.54) is 4.90 Å². The summed E-state index contributed by atoms with van der Waals surface area (Å²) in [6.45, 7) is 0. The first-order chi connectivity index (χ1) is 9.56. The third-order valence-corrected chi connectivity index (χ3v) is 5.47. The molecule has 1 aromatic rings. The van der Waals surface area contributed by atoms with Gasteiger partial charge in [0.15, 0.2) is 0 Å². The third-order valence-electron chi connectivity index (χ3n) is 5.03. The van der Waals surface area contributed by atoms with Gasteiger partial charge >= 0.3 is 0 Å². The molecule has 1 saturated heterocycles. The first kappa shape index (κ1) is 12.7. The number of anilines is 1. The topological polar surface area (TPSA) is 37.4 Å². The lowest BCUT2D eigenvalue weighted by atomic mass is 9.81. The van der Waals surface area contributed by atoms with E-state index in [-0.39, 0.29) is 23.7 Å². The molecule has 1 aliphatic heterocycles. The van der Waals surface area contributed by atoms with Gasteiger partial charge in [-0.2, -0.15) is 0 Å². The van der Waals surface area contributed by atoms with Crippen molar-refractivity contribution < 1.29 is 9.59 Å². The summed E-state index contributed by atoms with van der Waals surface area (Å²) in [5.74, 6) is 0.427. The maximum absolute atomic E-state index is 12.6. The van der Waals surface area contributed by atoms with Crippen molar-refractivity contribution >= 4 is 40.7 Å². The van der Waals surface area contributed by atoms with Gasteiger partial charge in [-0.3, -0.25) is 9.59 Å². The Kier molecular flexibility index (Phi) is 2.67. The van der Waals surface area contributed by atoms with Crippen molar-refractivity contribution in [1.82, 2.24) is 0 Å². The average molecular weight is 310 g/mol. The summed E-state index contributed by atoms with van der Waals surface area (Å²) in [7, 11) is 0. The predicted molar refractivity (Wildman–Crippen MR) is 76.8 cm³/mol. The third kappa shape index (κ3) is 1.60. The molecule has 4 atom stereocenters. The lowest BCUT2D eigenvalue weighted by molar-refractivity contribution is -0.123. The fraction of sp³-hybridized carbons (Fsp3) is 0.467. The van der Waals surface area contributed by atoms with Crippen LogP contribution in [0.25, 0.3) is 0 Å². The maximum atomic E-state index is 12.6. The molecule has 0 aromatic heterocycles. The Bertz CT molecular complexity index is 582. The molecule has 0 unspecified atom stereocenters. The second-order valence-corrected chi connectivity index (χ2v) is 6.90. The molecule has 0 spiro atoms. The number of hydrogen-bond acceptors (Lipinski definition) is 2. The highest BCUT2D eigenvalue weighted by atomic mass is 35.5. The summed E-state index contributed by atoms with van der Waals surface area (Å²) >= 11 is 12.0. The van der Waals surface area contributed by atoms with E-state index in [9.17, 15) is 9.59 Å². The SMILES string of the molecule is O=C1[C@@H]2[C@H]3CC[C@H](C3)[C@@H]2C(=O)N1c1cc(Cl)cc(Cl)c1. The molecule has 20 heavy (non-hydrogen) atoms. The zero-order chi connectivity index (χ0) is 14.0. The van der Waals surface area contributed by atoms with Gasteiger partial charge in [-0.1, -0.05) is 23.2 Å². The molecule has 5 heteroatoms. The lowest BCUT2D eigenvalue weighted by Gasteiger charge is -2.19. The van der Waals surface area contributed by atoms with Crippen LogP contribution in [0.4, 0.5) is 5.69 Å². The number of fused-ring (bicyclic) bond motifs is 5. The Labute approximate surface area is 126 Å². The number of imide groups is 1. The minimum atomic E-state index is -0.112. The molecule has 104 valence electrons. The van der Waals surface area contributed by atoms with Crippen LogP contribution in [-0.4, -0.2) is 11.8 Å². The standard InChI is InChI=1S/C15H13Cl2NO2/c16-9-4-10(17)6-11(5-9)18-14(19)12-7-1-2-8(3-7)13(12)15(18)20/h4-8,12-13H,1-3H2/t7-,8+,12+,13-. The first-order valence-electron chi connectivity index (χ1n) is 6.90. The van der Waals surface area contributed by atoms with E-state index < -0.39 is 0 Å². The van der Waals surface area contributed by atoms with Crippen LogP contribution in [0.1, 0.15) is 19.3 Å². The quantitative estimate of drug-likeness (QED) is 0.744. The highest BCUT2D eigenvalue weighted by Crippen LogP contribution is 2.56. The Balaban J connectivity index is 1.76. The second kappa shape index (κ2) is 4.22. The molecule has 3 fully saturated rings. The van der Waals surface area contributed by atoms with Crippen LogP contribution in [-0.2, 0) is 9.59 Å². The number of carbonyl (C=O) groups is 2. The lowest BCUT2D eigenvalue weighted by Crippen LogP contribution is -2.32. The summed E-state index contributed by atoms with van der Waals surface area (Å²) in [4.78, 5) is 26.6. The monoisotopic (exact) mass is 309 g/mol. The normalized spacial score (nSPS) is 35.0. The number of amides is 2. The molecule has 1 aromatic carbocycles. The summed E-state index contributed by atoms with van der Waals surface area (Å²) in [5.41, 5.74) is 0.506. The van der Waals surface area contributed by atoms with E-state index >= 15 is 0 Å². The number of benzene rings is 1. The van der Waals surface area contributed by atoms with E-state index in [2.05, 4.69) is 0 Å². The van der Waals surface area contributed by atoms with Crippen LogP contribution in [0.2, 0.25) is 10.0 Å².